The van der Waals surface area contributed by atoms with Crippen molar-refractivity contribution in [3.63, 3.8) is 0 Å². The summed E-state index contributed by atoms with van der Waals surface area (Å²) in [5.41, 5.74) is 13.7. The van der Waals surface area contributed by atoms with Crippen LogP contribution in [-0.2, 0) is 4.74 Å². The minimum Gasteiger partial charge on any atom is -0.437 e. The van der Waals surface area contributed by atoms with Crippen molar-refractivity contribution in [2.24, 2.45) is 10.7 Å². The fourth-order valence-electron chi connectivity index (χ4n) is 3.02. The Hall–Kier alpha value is -3.08. The van der Waals surface area contributed by atoms with E-state index >= 15 is 0 Å². The number of morpholine rings is 1. The fraction of sp³-hybridized carbons (Fsp3) is 0.300. The first kappa shape index (κ1) is 20.2. The van der Waals surface area contributed by atoms with Gasteiger partial charge in [-0.15, -0.1) is 0 Å². The van der Waals surface area contributed by atoms with Gasteiger partial charge in [0.15, 0.2) is 5.13 Å². The van der Waals surface area contributed by atoms with Crippen molar-refractivity contribution >= 4 is 38.5 Å². The van der Waals surface area contributed by atoms with Crippen LogP contribution in [0, 0.1) is 0 Å². The van der Waals surface area contributed by atoms with Crippen molar-refractivity contribution in [1.29, 1.82) is 0 Å². The number of nitrogens with zero attached hydrogens (tertiary/aromatic N) is 5. The molecule has 1 aliphatic rings. The summed E-state index contributed by atoms with van der Waals surface area (Å²) in [6, 6.07) is 5.56. The maximum absolute atomic E-state index is 5.87. The van der Waals surface area contributed by atoms with Crippen LogP contribution in [-0.4, -0.2) is 65.5 Å². The fourth-order valence-corrected chi connectivity index (χ4v) is 3.79. The summed E-state index contributed by atoms with van der Waals surface area (Å²) in [6.07, 6.45) is 6.38. The molecule has 2 aromatic heterocycles. The minimum absolute atomic E-state index is 0.366. The van der Waals surface area contributed by atoms with Gasteiger partial charge in [-0.3, -0.25) is 14.9 Å². The molecule has 1 aliphatic heterocycles. The van der Waals surface area contributed by atoms with E-state index < -0.39 is 0 Å². The second-order valence-electron chi connectivity index (χ2n) is 6.64. The molecule has 4 N–H and O–H groups in total. The van der Waals surface area contributed by atoms with Gasteiger partial charge in [0.2, 0.25) is 5.88 Å². The van der Waals surface area contributed by atoms with Crippen LogP contribution in [0.15, 0.2) is 41.8 Å². The number of nitrogen functional groups attached to an aromatic ring is 1. The van der Waals surface area contributed by atoms with Crippen molar-refractivity contribution in [2.45, 2.75) is 0 Å². The number of hydrogen-bond donors (Lipinski definition) is 2. The molecular weight excluding hydrogens is 402 g/mol. The zero-order chi connectivity index (χ0) is 20.8. The minimum atomic E-state index is 0.366. The molecule has 0 aliphatic carbocycles. The number of aliphatic imine (C=N–C) groups is 1. The first-order chi connectivity index (χ1) is 14.7. The highest BCUT2D eigenvalue weighted by molar-refractivity contribution is 7.22. The van der Waals surface area contributed by atoms with E-state index in [4.69, 9.17) is 20.9 Å². The summed E-state index contributed by atoms with van der Waals surface area (Å²) in [4.78, 5) is 19.8. The van der Waals surface area contributed by atoms with Gasteiger partial charge in [0.25, 0.3) is 0 Å². The Balaban J connectivity index is 1.40. The Morgan fingerprint density at radius 3 is 2.97 bits per heavy atom. The third-order valence-corrected chi connectivity index (χ3v) is 5.41. The standard InChI is InChI=1S/C20H23N7O2S/c21-10-14(11-23-3-4-27-5-7-28-8-6-27)17-12-24-13-19(25-17)29-15-1-2-16-18(9-15)30-20(22)26-16/h1-2,9-13H,3-8,21H2,(H2,22,26)/b14-10+,23-11?. The Bertz CT molecular complexity index is 1060. The zero-order valence-electron chi connectivity index (χ0n) is 16.4. The van der Waals surface area contributed by atoms with E-state index in [1.807, 2.05) is 18.2 Å². The predicted molar refractivity (Wildman–Crippen MR) is 119 cm³/mol. The zero-order valence-corrected chi connectivity index (χ0v) is 17.2. The third-order valence-electron chi connectivity index (χ3n) is 4.57. The average molecular weight is 426 g/mol. The molecule has 0 atom stereocenters. The summed E-state index contributed by atoms with van der Waals surface area (Å²) in [5.74, 6) is 1.00. The summed E-state index contributed by atoms with van der Waals surface area (Å²) < 4.78 is 12.2. The molecular formula is C20H23N7O2S. The van der Waals surface area contributed by atoms with Crippen molar-refractivity contribution in [3.8, 4) is 11.6 Å². The topological polar surface area (TPSA) is 125 Å². The SMILES string of the molecule is N/C=C(\C=NCCN1CCOCC1)c1cncc(Oc2ccc3nc(N)sc3c2)n1. The Labute approximate surface area is 178 Å². The third kappa shape index (κ3) is 5.09. The van der Waals surface area contributed by atoms with E-state index in [-0.39, 0.29) is 0 Å². The number of benzene rings is 1. The summed E-state index contributed by atoms with van der Waals surface area (Å²) >= 11 is 1.41. The number of aromatic nitrogens is 3. The smallest absolute Gasteiger partial charge is 0.238 e. The van der Waals surface area contributed by atoms with Crippen LogP contribution in [0.25, 0.3) is 15.8 Å². The predicted octanol–water partition coefficient (Wildman–Crippen LogP) is 2.16. The quantitative estimate of drug-likeness (QED) is 0.552. The molecule has 1 aromatic carbocycles. The Morgan fingerprint density at radius 1 is 1.27 bits per heavy atom. The normalized spacial score (nSPS) is 15.8. The largest absolute Gasteiger partial charge is 0.437 e. The molecule has 9 nitrogen and oxygen atoms in total. The highest BCUT2D eigenvalue weighted by atomic mass is 32.1. The number of hydrogen-bond acceptors (Lipinski definition) is 10. The molecule has 1 fully saturated rings. The molecule has 0 bridgehead atoms. The van der Waals surface area contributed by atoms with E-state index in [2.05, 4.69) is 24.8 Å². The molecule has 30 heavy (non-hydrogen) atoms. The van der Waals surface area contributed by atoms with Crippen LogP contribution in [0.3, 0.4) is 0 Å². The second kappa shape index (κ2) is 9.61. The number of nitrogens with two attached hydrogens (primary N) is 2. The van der Waals surface area contributed by atoms with Gasteiger partial charge in [0.1, 0.15) is 5.75 Å². The number of allylic oxidation sites excluding steroid dienone is 1. The molecule has 156 valence electrons. The molecule has 0 radical (unpaired) electrons. The lowest BCUT2D eigenvalue weighted by Crippen LogP contribution is -2.37. The maximum Gasteiger partial charge on any atom is 0.238 e. The van der Waals surface area contributed by atoms with Crippen molar-refractivity contribution < 1.29 is 9.47 Å². The van der Waals surface area contributed by atoms with Gasteiger partial charge in [-0.25, -0.2) is 9.97 Å². The average Bonchev–Trinajstić information content (AvgIpc) is 3.14. The number of rotatable bonds is 7. The number of anilines is 1. The molecule has 3 heterocycles. The van der Waals surface area contributed by atoms with Crippen LogP contribution in [0.2, 0.25) is 0 Å². The first-order valence-electron chi connectivity index (χ1n) is 9.59. The van der Waals surface area contributed by atoms with E-state index in [0.29, 0.717) is 34.6 Å². The molecule has 4 rings (SSSR count). The monoisotopic (exact) mass is 425 g/mol. The summed E-state index contributed by atoms with van der Waals surface area (Å²) in [5, 5.41) is 0.523. The van der Waals surface area contributed by atoms with Gasteiger partial charge in [0.05, 0.1) is 48.1 Å². The van der Waals surface area contributed by atoms with Gasteiger partial charge < -0.3 is 20.9 Å². The van der Waals surface area contributed by atoms with E-state index in [0.717, 1.165) is 43.1 Å². The van der Waals surface area contributed by atoms with Gasteiger partial charge in [-0.05, 0) is 12.1 Å². The van der Waals surface area contributed by atoms with E-state index in [1.165, 1.54) is 17.5 Å². The molecule has 0 unspecified atom stereocenters. The summed E-state index contributed by atoms with van der Waals surface area (Å²) in [7, 11) is 0. The number of ether oxygens (including phenoxy) is 2. The Morgan fingerprint density at radius 2 is 2.13 bits per heavy atom. The van der Waals surface area contributed by atoms with Crippen molar-refractivity contribution in [3.05, 3.63) is 42.5 Å². The lowest BCUT2D eigenvalue weighted by molar-refractivity contribution is 0.0395. The highest BCUT2D eigenvalue weighted by Crippen LogP contribution is 2.29. The van der Waals surface area contributed by atoms with Crippen LogP contribution >= 0.6 is 11.3 Å². The maximum atomic E-state index is 5.87. The number of thiazole rings is 1. The van der Waals surface area contributed by atoms with Crippen LogP contribution in [0.5, 0.6) is 11.6 Å². The van der Waals surface area contributed by atoms with Gasteiger partial charge in [-0.2, -0.15) is 0 Å². The van der Waals surface area contributed by atoms with E-state index in [9.17, 15) is 0 Å². The molecule has 3 aromatic rings. The lowest BCUT2D eigenvalue weighted by Gasteiger charge is -2.25. The van der Waals surface area contributed by atoms with Crippen LogP contribution in [0.1, 0.15) is 5.69 Å². The van der Waals surface area contributed by atoms with E-state index in [1.54, 1.807) is 18.6 Å². The van der Waals surface area contributed by atoms with Crippen molar-refractivity contribution in [2.75, 3.05) is 45.1 Å². The van der Waals surface area contributed by atoms with Gasteiger partial charge in [0, 0.05) is 43.7 Å². The lowest BCUT2D eigenvalue weighted by atomic mass is 10.2. The number of fused-ring (bicyclic) bond motifs is 1. The van der Waals surface area contributed by atoms with Gasteiger partial charge >= 0.3 is 0 Å². The molecule has 0 saturated carbocycles. The Kier molecular flexibility index (Phi) is 6.47. The highest BCUT2D eigenvalue weighted by Gasteiger charge is 2.10. The molecule has 10 heteroatoms. The summed E-state index contributed by atoms with van der Waals surface area (Å²) in [6.45, 7) is 5.02. The first-order valence-corrected chi connectivity index (χ1v) is 10.4. The van der Waals surface area contributed by atoms with Crippen LogP contribution in [0.4, 0.5) is 5.13 Å². The second-order valence-corrected chi connectivity index (χ2v) is 7.70. The molecule has 1 saturated heterocycles. The van der Waals surface area contributed by atoms with Gasteiger partial charge in [-0.1, -0.05) is 11.3 Å². The molecule has 0 spiro atoms. The van der Waals surface area contributed by atoms with Crippen molar-refractivity contribution in [1.82, 2.24) is 19.9 Å². The van der Waals surface area contributed by atoms with Crippen LogP contribution < -0.4 is 16.2 Å². The molecule has 0 amide bonds.